The van der Waals surface area contributed by atoms with Crippen LogP contribution >= 0.6 is 11.8 Å². The summed E-state index contributed by atoms with van der Waals surface area (Å²) in [5, 5.41) is 14.3. The van der Waals surface area contributed by atoms with Gasteiger partial charge in [0.1, 0.15) is 17.2 Å². The second-order valence-electron chi connectivity index (χ2n) is 3.49. The highest BCUT2D eigenvalue weighted by molar-refractivity contribution is 7.98. The van der Waals surface area contributed by atoms with Gasteiger partial charge in [-0.1, -0.05) is 0 Å². The van der Waals surface area contributed by atoms with Crippen molar-refractivity contribution in [3.05, 3.63) is 6.33 Å². The molecule has 3 N–H and O–H groups in total. The van der Waals surface area contributed by atoms with Gasteiger partial charge in [-0.05, 0) is 13.2 Å². The van der Waals surface area contributed by atoms with Crippen molar-refractivity contribution in [2.75, 3.05) is 24.7 Å². The van der Waals surface area contributed by atoms with Gasteiger partial charge in [0.15, 0.2) is 5.65 Å². The van der Waals surface area contributed by atoms with Crippen LogP contribution in [-0.4, -0.2) is 45.4 Å². The van der Waals surface area contributed by atoms with Gasteiger partial charge in [-0.2, -0.15) is 5.10 Å². The third-order valence-corrected chi connectivity index (χ3v) is 2.99. The number of likely N-dealkylation sites (N-methyl/N-ethyl adjacent to an activating group) is 1. The summed E-state index contributed by atoms with van der Waals surface area (Å²) in [5.41, 5.74) is 0.660. The van der Waals surface area contributed by atoms with Crippen molar-refractivity contribution < 1.29 is 4.79 Å². The molecule has 0 saturated heterocycles. The largest absolute Gasteiger partial charge is 0.360 e. The lowest BCUT2D eigenvalue weighted by Gasteiger charge is -2.06. The summed E-state index contributed by atoms with van der Waals surface area (Å²) >= 11 is 1.50. The van der Waals surface area contributed by atoms with Gasteiger partial charge in [-0.25, -0.2) is 9.97 Å². The third-order valence-electron chi connectivity index (χ3n) is 2.31. The molecule has 8 heteroatoms. The lowest BCUT2D eigenvalue weighted by molar-refractivity contribution is -0.119. The minimum atomic E-state index is -0.0709. The maximum absolute atomic E-state index is 11.4. The second kappa shape index (κ2) is 5.67. The van der Waals surface area contributed by atoms with Gasteiger partial charge in [0.25, 0.3) is 0 Å². The molecule has 2 aromatic heterocycles. The van der Waals surface area contributed by atoms with Crippen molar-refractivity contribution in [3.8, 4) is 0 Å². The van der Waals surface area contributed by atoms with Gasteiger partial charge in [-0.3, -0.25) is 9.89 Å². The first-order chi connectivity index (χ1) is 8.76. The molecule has 0 aromatic carbocycles. The number of thioether (sulfide) groups is 1. The number of anilines is 1. The number of hydrogen-bond donors (Lipinski definition) is 3. The van der Waals surface area contributed by atoms with E-state index in [1.54, 1.807) is 0 Å². The van der Waals surface area contributed by atoms with Crippen molar-refractivity contribution in [2.24, 2.45) is 0 Å². The van der Waals surface area contributed by atoms with E-state index in [1.165, 1.54) is 18.1 Å². The molecule has 1 amide bonds. The van der Waals surface area contributed by atoms with Crippen molar-refractivity contribution >= 4 is 34.5 Å². The van der Waals surface area contributed by atoms with E-state index in [0.29, 0.717) is 18.0 Å². The molecule has 96 valence electrons. The van der Waals surface area contributed by atoms with Crippen molar-refractivity contribution in [2.45, 2.75) is 11.9 Å². The van der Waals surface area contributed by atoms with E-state index in [1.807, 2.05) is 13.2 Å². The van der Waals surface area contributed by atoms with Crippen LogP contribution in [0.4, 0.5) is 5.82 Å². The van der Waals surface area contributed by atoms with Crippen LogP contribution in [0.5, 0.6) is 0 Å². The minimum absolute atomic E-state index is 0.0709. The molecule has 0 spiro atoms. The number of amides is 1. The smallest absolute Gasteiger partial charge is 0.239 e. The van der Waals surface area contributed by atoms with Crippen molar-refractivity contribution in [1.82, 2.24) is 25.5 Å². The summed E-state index contributed by atoms with van der Waals surface area (Å²) < 4.78 is 0. The lowest BCUT2D eigenvalue weighted by Crippen LogP contribution is -2.29. The minimum Gasteiger partial charge on any atom is -0.360 e. The van der Waals surface area contributed by atoms with Crippen LogP contribution in [-0.2, 0) is 4.79 Å². The quantitative estimate of drug-likeness (QED) is 0.687. The number of aromatic nitrogens is 4. The highest BCUT2D eigenvalue weighted by Gasteiger charge is 2.12. The monoisotopic (exact) mass is 266 g/mol. The average Bonchev–Trinajstić information content (AvgIpc) is 2.80. The first-order valence-electron chi connectivity index (χ1n) is 5.50. The van der Waals surface area contributed by atoms with E-state index in [0.717, 1.165) is 10.4 Å². The third kappa shape index (κ3) is 2.53. The maximum Gasteiger partial charge on any atom is 0.239 e. The SMILES string of the molecule is CCNC(=O)CNc1ncnc2[nH]nc(SC)c12. The fourth-order valence-corrected chi connectivity index (χ4v) is 2.07. The number of fused-ring (bicyclic) bond motifs is 1. The van der Waals surface area contributed by atoms with Crippen LogP contribution in [0.2, 0.25) is 0 Å². The Balaban J connectivity index is 2.22. The normalized spacial score (nSPS) is 10.6. The number of aromatic amines is 1. The van der Waals surface area contributed by atoms with Crippen molar-refractivity contribution in [3.63, 3.8) is 0 Å². The zero-order chi connectivity index (χ0) is 13.0. The number of H-pyrrole nitrogens is 1. The van der Waals surface area contributed by atoms with Gasteiger partial charge in [0.05, 0.1) is 11.9 Å². The number of carbonyl (C=O) groups excluding carboxylic acids is 1. The molecule has 18 heavy (non-hydrogen) atoms. The van der Waals surface area contributed by atoms with Crippen LogP contribution in [0.15, 0.2) is 11.4 Å². The molecule has 0 bridgehead atoms. The molecular formula is C10H14N6OS. The molecule has 2 heterocycles. The lowest BCUT2D eigenvalue weighted by atomic mass is 10.4. The van der Waals surface area contributed by atoms with Crippen LogP contribution in [0.25, 0.3) is 11.0 Å². The highest BCUT2D eigenvalue weighted by Crippen LogP contribution is 2.27. The Morgan fingerprint density at radius 3 is 3.06 bits per heavy atom. The standard InChI is InChI=1S/C10H14N6OS/c1-3-11-6(17)4-12-8-7-9(14-5-13-8)15-16-10(7)18-2/h5H,3-4H2,1-2H3,(H,11,17)(H2,12,13,14,15,16). The van der Waals surface area contributed by atoms with Gasteiger partial charge in [0.2, 0.25) is 5.91 Å². The Hall–Kier alpha value is -1.83. The molecule has 2 aromatic rings. The van der Waals surface area contributed by atoms with E-state index < -0.39 is 0 Å². The molecule has 7 nitrogen and oxygen atoms in total. The van der Waals surface area contributed by atoms with E-state index in [4.69, 9.17) is 0 Å². The van der Waals surface area contributed by atoms with Crippen LogP contribution in [0.3, 0.4) is 0 Å². The summed E-state index contributed by atoms with van der Waals surface area (Å²) in [5.74, 6) is 0.544. The molecule has 0 unspecified atom stereocenters. The predicted molar refractivity (Wildman–Crippen MR) is 70.6 cm³/mol. The zero-order valence-electron chi connectivity index (χ0n) is 10.1. The summed E-state index contributed by atoms with van der Waals surface area (Å²) in [7, 11) is 0. The summed E-state index contributed by atoms with van der Waals surface area (Å²) in [4.78, 5) is 19.6. The zero-order valence-corrected chi connectivity index (χ0v) is 11.0. The Kier molecular flexibility index (Phi) is 3.98. The van der Waals surface area contributed by atoms with Crippen LogP contribution in [0, 0.1) is 0 Å². The van der Waals surface area contributed by atoms with E-state index in [-0.39, 0.29) is 12.5 Å². The fraction of sp³-hybridized carbons (Fsp3) is 0.400. The summed E-state index contributed by atoms with van der Waals surface area (Å²) in [6.45, 7) is 2.67. The number of carbonyl (C=O) groups is 1. The van der Waals surface area contributed by atoms with Gasteiger partial charge < -0.3 is 10.6 Å². The Labute approximate surface area is 108 Å². The molecule has 0 fully saturated rings. The Bertz CT molecular complexity index is 554. The summed E-state index contributed by atoms with van der Waals surface area (Å²) in [6.07, 6.45) is 3.36. The number of nitrogens with zero attached hydrogens (tertiary/aromatic N) is 3. The highest BCUT2D eigenvalue weighted by atomic mass is 32.2. The summed E-state index contributed by atoms with van der Waals surface area (Å²) in [6, 6.07) is 0. The Morgan fingerprint density at radius 1 is 1.50 bits per heavy atom. The second-order valence-corrected chi connectivity index (χ2v) is 4.28. The Morgan fingerprint density at radius 2 is 2.33 bits per heavy atom. The first-order valence-corrected chi connectivity index (χ1v) is 6.72. The first kappa shape index (κ1) is 12.6. The predicted octanol–water partition coefficient (Wildman–Crippen LogP) is 0.623. The van der Waals surface area contributed by atoms with Gasteiger partial charge >= 0.3 is 0 Å². The average molecular weight is 266 g/mol. The van der Waals surface area contributed by atoms with E-state index in [9.17, 15) is 4.79 Å². The van der Waals surface area contributed by atoms with Crippen molar-refractivity contribution in [1.29, 1.82) is 0 Å². The van der Waals surface area contributed by atoms with Gasteiger partial charge in [0, 0.05) is 6.54 Å². The molecule has 0 aliphatic rings. The molecule has 0 saturated carbocycles. The molecule has 0 aliphatic carbocycles. The molecule has 2 rings (SSSR count). The molecular weight excluding hydrogens is 252 g/mol. The number of hydrogen-bond acceptors (Lipinski definition) is 6. The van der Waals surface area contributed by atoms with Crippen LogP contribution in [0.1, 0.15) is 6.92 Å². The van der Waals surface area contributed by atoms with Crippen LogP contribution < -0.4 is 10.6 Å². The molecule has 0 radical (unpaired) electrons. The topological polar surface area (TPSA) is 95.6 Å². The van der Waals surface area contributed by atoms with E-state index >= 15 is 0 Å². The molecule has 0 aliphatic heterocycles. The fourth-order valence-electron chi connectivity index (χ4n) is 1.54. The number of rotatable bonds is 5. The maximum atomic E-state index is 11.4. The molecule has 0 atom stereocenters. The van der Waals surface area contributed by atoms with E-state index in [2.05, 4.69) is 30.8 Å². The van der Waals surface area contributed by atoms with Gasteiger partial charge in [-0.15, -0.1) is 11.8 Å². The number of nitrogens with one attached hydrogen (secondary N) is 3.